The molecule has 0 aliphatic heterocycles. The van der Waals surface area contributed by atoms with Gasteiger partial charge in [-0.25, -0.2) is 0 Å². The first-order valence-corrected chi connectivity index (χ1v) is 6.52. The van der Waals surface area contributed by atoms with Crippen LogP contribution in [0.25, 0.3) is 0 Å². The van der Waals surface area contributed by atoms with Gasteiger partial charge in [0.05, 0.1) is 5.56 Å². The van der Waals surface area contributed by atoms with Crippen molar-refractivity contribution in [3.05, 3.63) is 58.3 Å². The van der Waals surface area contributed by atoms with Crippen LogP contribution in [0.5, 0.6) is 5.75 Å². The van der Waals surface area contributed by atoms with Crippen molar-refractivity contribution < 1.29 is 18.3 Å². The summed E-state index contributed by atoms with van der Waals surface area (Å²) in [5.41, 5.74) is 0.823. The lowest BCUT2D eigenvalue weighted by molar-refractivity contribution is -0.0501. The average molecular weight is 342 g/mol. The highest BCUT2D eigenvalue weighted by molar-refractivity contribution is 9.10. The number of rotatable bonds is 5. The van der Waals surface area contributed by atoms with Crippen molar-refractivity contribution in [2.24, 2.45) is 0 Å². The Kier molecular flexibility index (Phi) is 4.79. The van der Waals surface area contributed by atoms with Gasteiger partial charge in [-0.3, -0.25) is 9.78 Å². The molecule has 0 radical (unpaired) electrons. The van der Waals surface area contributed by atoms with Crippen LogP contribution in [-0.2, 0) is 6.42 Å². The summed E-state index contributed by atoms with van der Waals surface area (Å²) in [6.45, 7) is -2.96. The Balaban J connectivity index is 2.21. The molecular formula is C14H10BrF2NO2. The third-order valence-electron chi connectivity index (χ3n) is 2.53. The number of nitrogens with zero attached hydrogens (tertiary/aromatic N) is 1. The number of pyridine rings is 1. The number of ether oxygens (including phenoxy) is 1. The molecule has 0 aliphatic carbocycles. The van der Waals surface area contributed by atoms with Crippen molar-refractivity contribution >= 4 is 21.7 Å². The number of para-hydroxylation sites is 1. The summed E-state index contributed by atoms with van der Waals surface area (Å²) in [4.78, 5) is 16.1. The second-order valence-electron chi connectivity index (χ2n) is 3.99. The Morgan fingerprint density at radius 1 is 1.30 bits per heavy atom. The zero-order valence-electron chi connectivity index (χ0n) is 10.2. The van der Waals surface area contributed by atoms with E-state index in [0.717, 1.165) is 4.47 Å². The number of aromatic nitrogens is 1. The predicted molar refractivity (Wildman–Crippen MR) is 73.0 cm³/mol. The van der Waals surface area contributed by atoms with Gasteiger partial charge in [-0.15, -0.1) is 0 Å². The Morgan fingerprint density at radius 3 is 2.75 bits per heavy atom. The number of alkyl halides is 2. The summed E-state index contributed by atoms with van der Waals surface area (Å²) in [5, 5.41) is 0. The number of carbonyl (C=O) groups is 1. The molecule has 0 unspecified atom stereocenters. The molecule has 0 amide bonds. The Hall–Kier alpha value is -1.82. The second-order valence-corrected chi connectivity index (χ2v) is 4.90. The number of hydrogen-bond acceptors (Lipinski definition) is 3. The van der Waals surface area contributed by atoms with E-state index in [1.807, 2.05) is 0 Å². The predicted octanol–water partition coefficient (Wildman–Crippen LogP) is 3.87. The van der Waals surface area contributed by atoms with Gasteiger partial charge in [-0.2, -0.15) is 8.78 Å². The fraction of sp³-hybridized carbons (Fsp3) is 0.143. The lowest BCUT2D eigenvalue weighted by atomic mass is 10.0. The van der Waals surface area contributed by atoms with Crippen LogP contribution in [0.15, 0.2) is 47.2 Å². The van der Waals surface area contributed by atoms with E-state index in [2.05, 4.69) is 25.7 Å². The molecule has 0 saturated carbocycles. The van der Waals surface area contributed by atoms with E-state index in [1.165, 1.54) is 18.2 Å². The molecular weight excluding hydrogens is 332 g/mol. The highest BCUT2D eigenvalue weighted by Gasteiger charge is 2.15. The molecule has 1 aromatic heterocycles. The van der Waals surface area contributed by atoms with Crippen LogP contribution in [-0.4, -0.2) is 17.4 Å². The molecule has 1 aromatic carbocycles. The summed E-state index contributed by atoms with van der Waals surface area (Å²) in [6, 6.07) is 7.70. The van der Waals surface area contributed by atoms with Crippen LogP contribution in [0.4, 0.5) is 8.78 Å². The smallest absolute Gasteiger partial charge is 0.387 e. The molecule has 0 spiro atoms. The van der Waals surface area contributed by atoms with Crippen LogP contribution in [0, 0.1) is 0 Å². The lowest BCUT2D eigenvalue weighted by Crippen LogP contribution is -2.10. The quantitative estimate of drug-likeness (QED) is 0.775. The van der Waals surface area contributed by atoms with Crippen molar-refractivity contribution in [3.63, 3.8) is 0 Å². The molecule has 0 N–H and O–H groups in total. The van der Waals surface area contributed by atoms with Gasteiger partial charge in [-0.05, 0) is 39.7 Å². The van der Waals surface area contributed by atoms with Gasteiger partial charge < -0.3 is 4.74 Å². The van der Waals surface area contributed by atoms with Gasteiger partial charge in [0.1, 0.15) is 5.75 Å². The van der Waals surface area contributed by atoms with Gasteiger partial charge in [0.2, 0.25) is 0 Å². The SMILES string of the molecule is O=C(Cc1cncc(Br)c1)c1ccccc1OC(F)F. The molecule has 0 aliphatic rings. The fourth-order valence-corrected chi connectivity index (χ4v) is 2.14. The highest BCUT2D eigenvalue weighted by atomic mass is 79.9. The fourth-order valence-electron chi connectivity index (χ4n) is 1.73. The van der Waals surface area contributed by atoms with Crippen molar-refractivity contribution in [2.45, 2.75) is 13.0 Å². The van der Waals surface area contributed by atoms with Crippen LogP contribution >= 0.6 is 15.9 Å². The monoisotopic (exact) mass is 341 g/mol. The molecule has 3 nitrogen and oxygen atoms in total. The van der Waals surface area contributed by atoms with Gasteiger partial charge in [-0.1, -0.05) is 12.1 Å². The van der Waals surface area contributed by atoms with Crippen molar-refractivity contribution in [3.8, 4) is 5.75 Å². The molecule has 6 heteroatoms. The first kappa shape index (κ1) is 14.6. The number of hydrogen-bond donors (Lipinski definition) is 0. The molecule has 0 atom stereocenters. The number of benzene rings is 1. The summed E-state index contributed by atoms with van der Waals surface area (Å²) < 4.78 is 29.7. The normalized spacial score (nSPS) is 10.6. The molecule has 1 heterocycles. The van der Waals surface area contributed by atoms with Gasteiger partial charge >= 0.3 is 6.61 Å². The zero-order valence-corrected chi connectivity index (χ0v) is 11.8. The lowest BCUT2D eigenvalue weighted by Gasteiger charge is -2.09. The van der Waals surface area contributed by atoms with E-state index in [-0.39, 0.29) is 23.5 Å². The van der Waals surface area contributed by atoms with Gasteiger partial charge in [0, 0.05) is 23.3 Å². The zero-order chi connectivity index (χ0) is 14.5. The van der Waals surface area contributed by atoms with Crippen LogP contribution < -0.4 is 4.74 Å². The highest BCUT2D eigenvalue weighted by Crippen LogP contribution is 2.22. The standard InChI is InChI=1S/C14H10BrF2NO2/c15-10-5-9(7-18-8-10)6-12(19)11-3-1-2-4-13(11)20-14(16)17/h1-5,7-8,14H,6H2. The van der Waals surface area contributed by atoms with Gasteiger partial charge in [0.25, 0.3) is 0 Å². The minimum Gasteiger partial charge on any atom is -0.434 e. The number of Topliss-reactive ketones (excluding diaryl/α,β-unsaturated/α-hetero) is 1. The van der Waals surface area contributed by atoms with E-state index in [1.54, 1.807) is 24.5 Å². The first-order valence-electron chi connectivity index (χ1n) is 5.72. The Morgan fingerprint density at radius 2 is 2.05 bits per heavy atom. The molecule has 2 rings (SSSR count). The third-order valence-corrected chi connectivity index (χ3v) is 2.96. The van der Waals surface area contributed by atoms with Crippen LogP contribution in [0.3, 0.4) is 0 Å². The van der Waals surface area contributed by atoms with Gasteiger partial charge in [0.15, 0.2) is 5.78 Å². The third kappa shape index (κ3) is 3.84. The molecule has 0 saturated heterocycles. The topological polar surface area (TPSA) is 39.2 Å². The largest absolute Gasteiger partial charge is 0.434 e. The second kappa shape index (κ2) is 6.56. The molecule has 0 bridgehead atoms. The molecule has 0 fully saturated rings. The Bertz CT molecular complexity index is 620. The Labute approximate surface area is 122 Å². The maximum Gasteiger partial charge on any atom is 0.387 e. The molecule has 20 heavy (non-hydrogen) atoms. The minimum absolute atomic E-state index is 0.0655. The van der Waals surface area contributed by atoms with E-state index in [4.69, 9.17) is 0 Å². The summed E-state index contributed by atoms with van der Waals surface area (Å²) >= 11 is 3.26. The molecule has 2 aromatic rings. The van der Waals surface area contributed by atoms with Crippen LogP contribution in [0.1, 0.15) is 15.9 Å². The van der Waals surface area contributed by atoms with Crippen molar-refractivity contribution in [1.29, 1.82) is 0 Å². The van der Waals surface area contributed by atoms with E-state index in [9.17, 15) is 13.6 Å². The minimum atomic E-state index is -2.96. The number of carbonyl (C=O) groups excluding carboxylic acids is 1. The van der Waals surface area contributed by atoms with Crippen molar-refractivity contribution in [2.75, 3.05) is 0 Å². The summed E-state index contributed by atoms with van der Waals surface area (Å²) in [6.07, 6.45) is 3.22. The summed E-state index contributed by atoms with van der Waals surface area (Å²) in [7, 11) is 0. The maximum atomic E-state index is 12.3. The summed E-state index contributed by atoms with van der Waals surface area (Å²) in [5.74, 6) is -0.420. The van der Waals surface area contributed by atoms with E-state index < -0.39 is 6.61 Å². The number of ketones is 1. The van der Waals surface area contributed by atoms with E-state index >= 15 is 0 Å². The van der Waals surface area contributed by atoms with Crippen LogP contribution in [0.2, 0.25) is 0 Å². The van der Waals surface area contributed by atoms with E-state index in [0.29, 0.717) is 5.56 Å². The maximum absolute atomic E-state index is 12.3. The van der Waals surface area contributed by atoms with Crippen molar-refractivity contribution in [1.82, 2.24) is 4.98 Å². The average Bonchev–Trinajstić information content (AvgIpc) is 2.38. The first-order chi connectivity index (χ1) is 9.56. The molecule has 104 valence electrons. The number of halogens is 3.